The van der Waals surface area contributed by atoms with Gasteiger partial charge in [0, 0.05) is 38.1 Å². The van der Waals surface area contributed by atoms with E-state index in [1.807, 2.05) is 6.92 Å². The van der Waals surface area contributed by atoms with E-state index >= 15 is 0 Å². The highest BCUT2D eigenvalue weighted by Gasteiger charge is 2.24. The van der Waals surface area contributed by atoms with Crippen LogP contribution in [-0.4, -0.2) is 69.1 Å². The molecule has 22 heavy (non-hydrogen) atoms. The molecule has 0 radical (unpaired) electrons. The Balaban J connectivity index is 2.38. The van der Waals surface area contributed by atoms with E-state index in [9.17, 15) is 18.0 Å². The fourth-order valence-corrected chi connectivity index (χ4v) is 3.14. The molecule has 2 amide bonds. The molecular formula is C13H26N4O4S. The molecule has 0 spiro atoms. The number of piperazine rings is 1. The van der Waals surface area contributed by atoms with Gasteiger partial charge in [-0.2, -0.15) is 0 Å². The highest BCUT2D eigenvalue weighted by Crippen LogP contribution is 2.05. The fourth-order valence-electron chi connectivity index (χ4n) is 2.20. The first-order valence-corrected chi connectivity index (χ1v) is 9.13. The maximum Gasteiger partial charge on any atom is 0.235 e. The second-order valence-electron chi connectivity index (χ2n) is 5.75. The zero-order valence-electron chi connectivity index (χ0n) is 13.4. The fraction of sp³-hybridized carbons (Fsp3) is 0.846. The van der Waals surface area contributed by atoms with Gasteiger partial charge in [-0.1, -0.05) is 0 Å². The average molecular weight is 334 g/mol. The van der Waals surface area contributed by atoms with E-state index in [1.54, 1.807) is 18.7 Å². The molecule has 9 heteroatoms. The molecule has 1 aliphatic heterocycles. The maximum absolute atomic E-state index is 12.1. The minimum Gasteiger partial charge on any atom is -0.353 e. The van der Waals surface area contributed by atoms with Gasteiger partial charge in [-0.15, -0.1) is 0 Å². The Morgan fingerprint density at radius 2 is 2.05 bits per heavy atom. The third-order valence-corrected chi connectivity index (χ3v) is 4.63. The Morgan fingerprint density at radius 3 is 2.64 bits per heavy atom. The largest absolute Gasteiger partial charge is 0.353 e. The van der Waals surface area contributed by atoms with Crippen molar-refractivity contribution in [3.63, 3.8) is 0 Å². The van der Waals surface area contributed by atoms with Crippen LogP contribution in [0.4, 0.5) is 0 Å². The molecule has 128 valence electrons. The van der Waals surface area contributed by atoms with Crippen LogP contribution in [0.3, 0.4) is 0 Å². The van der Waals surface area contributed by atoms with Gasteiger partial charge in [-0.05, 0) is 20.8 Å². The van der Waals surface area contributed by atoms with Gasteiger partial charge in [-0.25, -0.2) is 13.1 Å². The number of nitrogens with one attached hydrogen (secondary N) is 3. The lowest BCUT2D eigenvalue weighted by molar-refractivity contribution is -0.133. The van der Waals surface area contributed by atoms with E-state index in [2.05, 4.69) is 15.4 Å². The first-order chi connectivity index (χ1) is 10.2. The van der Waals surface area contributed by atoms with E-state index in [4.69, 9.17) is 0 Å². The Kier molecular flexibility index (Phi) is 7.24. The Hall–Kier alpha value is -1.19. The molecule has 1 aliphatic rings. The van der Waals surface area contributed by atoms with Crippen molar-refractivity contribution in [3.8, 4) is 0 Å². The van der Waals surface area contributed by atoms with Gasteiger partial charge in [0.1, 0.15) is 0 Å². The summed E-state index contributed by atoms with van der Waals surface area (Å²) in [7, 11) is -3.64. The lowest BCUT2D eigenvalue weighted by Crippen LogP contribution is -2.52. The van der Waals surface area contributed by atoms with E-state index < -0.39 is 10.0 Å². The SMILES string of the molecule is CC(C)NC(=O)CNS(=O)(=O)CCC(=O)N1CCNC[C@@H]1C. The predicted octanol–water partition coefficient (Wildman–Crippen LogP) is -1.36. The molecule has 0 aromatic rings. The minimum atomic E-state index is -3.64. The van der Waals surface area contributed by atoms with Crippen molar-refractivity contribution in [2.45, 2.75) is 39.3 Å². The standard InChI is InChI=1S/C13H26N4O4S/c1-10(2)16-12(18)9-15-22(20,21)7-4-13(19)17-6-5-14-8-11(17)3/h10-11,14-15H,4-9H2,1-3H3,(H,16,18)/t11-/m0/s1. The molecule has 0 saturated carbocycles. The molecule has 1 saturated heterocycles. The third kappa shape index (κ3) is 6.71. The van der Waals surface area contributed by atoms with Crippen LogP contribution in [0.15, 0.2) is 0 Å². The molecular weight excluding hydrogens is 308 g/mol. The number of hydrogen-bond acceptors (Lipinski definition) is 5. The van der Waals surface area contributed by atoms with Crippen LogP contribution in [-0.2, 0) is 19.6 Å². The highest BCUT2D eigenvalue weighted by atomic mass is 32.2. The quantitative estimate of drug-likeness (QED) is 0.533. The highest BCUT2D eigenvalue weighted by molar-refractivity contribution is 7.89. The Bertz CT molecular complexity index is 492. The van der Waals surface area contributed by atoms with Crippen molar-refractivity contribution in [3.05, 3.63) is 0 Å². The summed E-state index contributed by atoms with van der Waals surface area (Å²) in [5.41, 5.74) is 0. The van der Waals surface area contributed by atoms with Gasteiger partial charge in [0.25, 0.3) is 0 Å². The first-order valence-electron chi connectivity index (χ1n) is 7.48. The van der Waals surface area contributed by atoms with Crippen LogP contribution in [0.25, 0.3) is 0 Å². The molecule has 0 bridgehead atoms. The molecule has 0 aliphatic carbocycles. The van der Waals surface area contributed by atoms with Gasteiger partial charge < -0.3 is 15.5 Å². The molecule has 1 rings (SSSR count). The van der Waals surface area contributed by atoms with Crippen molar-refractivity contribution in [2.75, 3.05) is 31.9 Å². The predicted molar refractivity (Wildman–Crippen MR) is 83.7 cm³/mol. The first kappa shape index (κ1) is 18.9. The molecule has 0 unspecified atom stereocenters. The van der Waals surface area contributed by atoms with Crippen LogP contribution >= 0.6 is 0 Å². The second kappa shape index (κ2) is 8.44. The number of nitrogens with zero attached hydrogens (tertiary/aromatic N) is 1. The topological polar surface area (TPSA) is 108 Å². The summed E-state index contributed by atoms with van der Waals surface area (Å²) in [4.78, 5) is 25.2. The van der Waals surface area contributed by atoms with E-state index in [0.717, 1.165) is 6.54 Å². The summed E-state index contributed by atoms with van der Waals surface area (Å²) in [5, 5.41) is 5.76. The molecule has 1 heterocycles. The zero-order chi connectivity index (χ0) is 16.8. The zero-order valence-corrected chi connectivity index (χ0v) is 14.2. The molecule has 1 atom stereocenters. The molecule has 0 aromatic carbocycles. The summed E-state index contributed by atoms with van der Waals surface area (Å²) in [6, 6.07) is 0.0153. The number of sulfonamides is 1. The van der Waals surface area contributed by atoms with Crippen LogP contribution < -0.4 is 15.4 Å². The monoisotopic (exact) mass is 334 g/mol. The second-order valence-corrected chi connectivity index (χ2v) is 7.68. The average Bonchev–Trinajstić information content (AvgIpc) is 2.43. The smallest absolute Gasteiger partial charge is 0.235 e. The molecule has 3 N–H and O–H groups in total. The number of rotatable bonds is 7. The van der Waals surface area contributed by atoms with E-state index in [0.29, 0.717) is 13.1 Å². The van der Waals surface area contributed by atoms with Gasteiger partial charge >= 0.3 is 0 Å². The minimum absolute atomic E-state index is 0.0484. The van der Waals surface area contributed by atoms with E-state index in [1.165, 1.54) is 0 Å². The number of carbonyl (C=O) groups excluding carboxylic acids is 2. The van der Waals surface area contributed by atoms with Crippen molar-refractivity contribution in [1.29, 1.82) is 0 Å². The van der Waals surface area contributed by atoms with Crippen molar-refractivity contribution in [2.24, 2.45) is 0 Å². The lowest BCUT2D eigenvalue weighted by atomic mass is 10.2. The Morgan fingerprint density at radius 1 is 1.36 bits per heavy atom. The maximum atomic E-state index is 12.1. The lowest BCUT2D eigenvalue weighted by Gasteiger charge is -2.34. The van der Waals surface area contributed by atoms with Gasteiger partial charge in [0.05, 0.1) is 12.3 Å². The number of carbonyl (C=O) groups is 2. The van der Waals surface area contributed by atoms with Crippen molar-refractivity contribution in [1.82, 2.24) is 20.3 Å². The molecule has 8 nitrogen and oxygen atoms in total. The normalized spacial score (nSPS) is 19.3. The summed E-state index contributed by atoms with van der Waals surface area (Å²) < 4.78 is 25.8. The third-order valence-electron chi connectivity index (χ3n) is 3.31. The Labute approximate surface area is 132 Å². The number of hydrogen-bond donors (Lipinski definition) is 3. The van der Waals surface area contributed by atoms with Crippen LogP contribution in [0, 0.1) is 0 Å². The van der Waals surface area contributed by atoms with Crippen molar-refractivity contribution < 1.29 is 18.0 Å². The number of amides is 2. The molecule has 1 fully saturated rings. The van der Waals surface area contributed by atoms with Crippen LogP contribution in [0.2, 0.25) is 0 Å². The van der Waals surface area contributed by atoms with Crippen LogP contribution in [0.5, 0.6) is 0 Å². The van der Waals surface area contributed by atoms with E-state index in [-0.39, 0.29) is 42.6 Å². The summed E-state index contributed by atoms with van der Waals surface area (Å²) in [6.07, 6.45) is -0.0779. The van der Waals surface area contributed by atoms with Gasteiger partial charge in [0.2, 0.25) is 21.8 Å². The van der Waals surface area contributed by atoms with Crippen LogP contribution in [0.1, 0.15) is 27.2 Å². The van der Waals surface area contributed by atoms with Gasteiger partial charge in [0.15, 0.2) is 0 Å². The summed E-state index contributed by atoms with van der Waals surface area (Å²) in [5.74, 6) is -0.871. The van der Waals surface area contributed by atoms with Crippen molar-refractivity contribution >= 4 is 21.8 Å². The summed E-state index contributed by atoms with van der Waals surface area (Å²) >= 11 is 0. The summed E-state index contributed by atoms with van der Waals surface area (Å²) in [6.45, 7) is 7.22. The molecule has 0 aromatic heterocycles. The van der Waals surface area contributed by atoms with Gasteiger partial charge in [-0.3, -0.25) is 9.59 Å².